The lowest BCUT2D eigenvalue weighted by Gasteiger charge is -2.09. The van der Waals surface area contributed by atoms with Gasteiger partial charge in [0.05, 0.1) is 12.8 Å². The van der Waals surface area contributed by atoms with E-state index >= 15 is 0 Å². The first-order valence-corrected chi connectivity index (χ1v) is 6.83. The van der Waals surface area contributed by atoms with Crippen molar-refractivity contribution in [2.24, 2.45) is 0 Å². The Morgan fingerprint density at radius 3 is 2.76 bits per heavy atom. The van der Waals surface area contributed by atoms with Crippen molar-refractivity contribution in [3.8, 4) is 6.01 Å². The molecule has 2 aromatic rings. The number of nitrogens with zero attached hydrogens (tertiary/aromatic N) is 2. The largest absolute Gasteiger partial charge is 0.463 e. The molecule has 2 rings (SSSR count). The lowest BCUT2D eigenvalue weighted by Crippen LogP contribution is -2.08. The molecule has 0 radical (unpaired) electrons. The summed E-state index contributed by atoms with van der Waals surface area (Å²) in [4.78, 5) is 7.71. The van der Waals surface area contributed by atoms with Crippen LogP contribution in [0.3, 0.4) is 0 Å². The molecule has 0 aliphatic heterocycles. The highest BCUT2D eigenvalue weighted by Gasteiger charge is 2.08. The summed E-state index contributed by atoms with van der Waals surface area (Å²) in [5, 5.41) is 2.75. The maximum absolute atomic E-state index is 13.6. The maximum atomic E-state index is 13.6. The van der Waals surface area contributed by atoms with Crippen LogP contribution >= 0.6 is 0 Å². The molecule has 0 aliphatic rings. The van der Waals surface area contributed by atoms with Crippen molar-refractivity contribution in [1.29, 1.82) is 0 Å². The third-order valence-electron chi connectivity index (χ3n) is 2.86. The van der Waals surface area contributed by atoms with Crippen molar-refractivity contribution in [2.75, 3.05) is 11.9 Å². The van der Waals surface area contributed by atoms with E-state index in [-0.39, 0.29) is 24.2 Å². The van der Waals surface area contributed by atoms with Gasteiger partial charge in [0, 0.05) is 12.1 Å². The molecule has 0 amide bonds. The summed E-state index contributed by atoms with van der Waals surface area (Å²) in [6.45, 7) is 2.65. The molecule has 0 unspecified atom stereocenters. The predicted molar refractivity (Wildman–Crippen MR) is 76.1 cm³/mol. The summed E-state index contributed by atoms with van der Waals surface area (Å²) in [6.07, 6.45) is 2.90. The molecule has 1 aromatic carbocycles. The van der Waals surface area contributed by atoms with Gasteiger partial charge in [0.25, 0.3) is 0 Å². The lowest BCUT2D eigenvalue weighted by molar-refractivity contribution is 0.284. The number of aromatic nitrogens is 2. The van der Waals surface area contributed by atoms with Gasteiger partial charge in [0.15, 0.2) is 11.6 Å². The van der Waals surface area contributed by atoms with Gasteiger partial charge in [-0.3, -0.25) is 0 Å². The van der Waals surface area contributed by atoms with Crippen molar-refractivity contribution >= 4 is 5.82 Å². The summed E-state index contributed by atoms with van der Waals surface area (Å²) in [6, 6.07) is 6.41. The Kier molecular flexibility index (Phi) is 5.43. The number of ether oxygens (including phenoxy) is 1. The Morgan fingerprint density at radius 1 is 1.19 bits per heavy atom. The summed E-state index contributed by atoms with van der Waals surface area (Å²) >= 11 is 0. The van der Waals surface area contributed by atoms with Crippen LogP contribution in [-0.4, -0.2) is 16.6 Å². The zero-order chi connectivity index (χ0) is 15.1. The molecule has 6 heteroatoms. The molecule has 1 N–H and O–H groups in total. The second-order valence-electron chi connectivity index (χ2n) is 4.50. The van der Waals surface area contributed by atoms with Crippen LogP contribution in [0.25, 0.3) is 0 Å². The van der Waals surface area contributed by atoms with Gasteiger partial charge in [-0.2, -0.15) is 4.98 Å². The highest BCUT2D eigenvalue weighted by atomic mass is 19.1. The molecular formula is C15H17F2N3O. The van der Waals surface area contributed by atoms with E-state index in [1.807, 2.05) is 6.92 Å². The van der Waals surface area contributed by atoms with E-state index in [4.69, 9.17) is 4.74 Å². The molecule has 0 spiro atoms. The molecule has 0 atom stereocenters. The molecular weight excluding hydrogens is 276 g/mol. The number of rotatable bonds is 7. The molecule has 0 saturated heterocycles. The van der Waals surface area contributed by atoms with Crippen molar-refractivity contribution in [1.82, 2.24) is 9.97 Å². The second kappa shape index (κ2) is 7.52. The van der Waals surface area contributed by atoms with Gasteiger partial charge in [-0.05, 0) is 12.5 Å². The fraction of sp³-hybridized carbons (Fsp3) is 0.333. The minimum absolute atomic E-state index is 0.000230. The minimum atomic E-state index is -0.603. The van der Waals surface area contributed by atoms with Crippen LogP contribution in [0.2, 0.25) is 0 Å². The van der Waals surface area contributed by atoms with E-state index in [1.54, 1.807) is 18.2 Å². The molecule has 21 heavy (non-hydrogen) atoms. The highest BCUT2D eigenvalue weighted by molar-refractivity contribution is 5.37. The predicted octanol–water partition coefficient (Wildman–Crippen LogP) is 3.55. The second-order valence-corrected chi connectivity index (χ2v) is 4.50. The van der Waals surface area contributed by atoms with Gasteiger partial charge in [-0.25, -0.2) is 13.8 Å². The van der Waals surface area contributed by atoms with E-state index in [9.17, 15) is 8.78 Å². The van der Waals surface area contributed by atoms with Gasteiger partial charge in [0.1, 0.15) is 5.82 Å². The smallest absolute Gasteiger partial charge is 0.318 e. The normalized spacial score (nSPS) is 10.4. The topological polar surface area (TPSA) is 47.0 Å². The minimum Gasteiger partial charge on any atom is -0.463 e. The third kappa shape index (κ3) is 4.37. The quantitative estimate of drug-likeness (QED) is 0.793. The number of nitrogens with one attached hydrogen (secondary N) is 1. The van der Waals surface area contributed by atoms with Gasteiger partial charge in [-0.15, -0.1) is 0 Å². The van der Waals surface area contributed by atoms with E-state index in [0.717, 1.165) is 19.0 Å². The summed E-state index contributed by atoms with van der Waals surface area (Å²) in [5.74, 6) is -0.951. The first-order chi connectivity index (χ1) is 10.2. The average molecular weight is 293 g/mol. The summed E-state index contributed by atoms with van der Waals surface area (Å²) in [5.41, 5.74) is 0.434. The van der Waals surface area contributed by atoms with Crippen LogP contribution in [0.5, 0.6) is 6.01 Å². The van der Waals surface area contributed by atoms with Gasteiger partial charge in [0.2, 0.25) is 0 Å². The number of hydrogen-bond donors (Lipinski definition) is 1. The van der Waals surface area contributed by atoms with Crippen LogP contribution in [0.15, 0.2) is 30.5 Å². The Labute approximate surface area is 122 Å². The highest BCUT2D eigenvalue weighted by Crippen LogP contribution is 2.15. The number of hydrogen-bond acceptors (Lipinski definition) is 4. The summed E-state index contributed by atoms with van der Waals surface area (Å²) in [7, 11) is 0. The van der Waals surface area contributed by atoms with Crippen LogP contribution in [0, 0.1) is 11.6 Å². The Balaban J connectivity index is 2.02. The molecule has 1 heterocycles. The molecule has 0 aliphatic carbocycles. The standard InChI is InChI=1S/C15H17F2N3O/c1-2-3-8-21-15-19-10-13(17)14(20-15)18-9-11-6-4-5-7-12(11)16/h4-7,10H,2-3,8-9H2,1H3,(H,18,19,20). The first-order valence-electron chi connectivity index (χ1n) is 6.83. The van der Waals surface area contributed by atoms with Gasteiger partial charge >= 0.3 is 6.01 Å². The molecule has 1 aromatic heterocycles. The fourth-order valence-corrected chi connectivity index (χ4v) is 1.67. The lowest BCUT2D eigenvalue weighted by atomic mass is 10.2. The van der Waals surface area contributed by atoms with Crippen molar-refractivity contribution < 1.29 is 13.5 Å². The van der Waals surface area contributed by atoms with Crippen molar-refractivity contribution in [3.63, 3.8) is 0 Å². The molecule has 0 bridgehead atoms. The van der Waals surface area contributed by atoms with Crippen LogP contribution in [-0.2, 0) is 6.54 Å². The van der Waals surface area contributed by atoms with Crippen LogP contribution < -0.4 is 10.1 Å². The van der Waals surface area contributed by atoms with Gasteiger partial charge < -0.3 is 10.1 Å². The Morgan fingerprint density at radius 2 is 2.00 bits per heavy atom. The molecule has 4 nitrogen and oxygen atoms in total. The van der Waals surface area contributed by atoms with Gasteiger partial charge in [-0.1, -0.05) is 31.5 Å². The maximum Gasteiger partial charge on any atom is 0.318 e. The van der Waals surface area contributed by atoms with E-state index in [0.29, 0.717) is 12.2 Å². The van der Waals surface area contributed by atoms with E-state index in [2.05, 4.69) is 15.3 Å². The van der Waals surface area contributed by atoms with E-state index < -0.39 is 5.82 Å². The van der Waals surface area contributed by atoms with Crippen molar-refractivity contribution in [3.05, 3.63) is 47.7 Å². The summed E-state index contributed by atoms with van der Waals surface area (Å²) < 4.78 is 32.4. The van der Waals surface area contributed by atoms with Crippen molar-refractivity contribution in [2.45, 2.75) is 26.3 Å². The van der Waals surface area contributed by atoms with Crippen LogP contribution in [0.4, 0.5) is 14.6 Å². The third-order valence-corrected chi connectivity index (χ3v) is 2.86. The Bertz CT molecular complexity index is 593. The number of anilines is 1. The SMILES string of the molecule is CCCCOc1ncc(F)c(NCc2ccccc2F)n1. The number of unbranched alkanes of at least 4 members (excludes halogenated alkanes) is 1. The number of halogens is 2. The Hall–Kier alpha value is -2.24. The van der Waals surface area contributed by atoms with Crippen LogP contribution in [0.1, 0.15) is 25.3 Å². The molecule has 112 valence electrons. The van der Waals surface area contributed by atoms with E-state index in [1.165, 1.54) is 6.07 Å². The zero-order valence-electron chi connectivity index (χ0n) is 11.8. The number of benzene rings is 1. The molecule has 0 saturated carbocycles. The fourth-order valence-electron chi connectivity index (χ4n) is 1.67. The average Bonchev–Trinajstić information content (AvgIpc) is 2.49. The first kappa shape index (κ1) is 15.2. The monoisotopic (exact) mass is 293 g/mol. The molecule has 0 fully saturated rings. The zero-order valence-corrected chi connectivity index (χ0v) is 11.8.